The highest BCUT2D eigenvalue weighted by molar-refractivity contribution is 7.89. The van der Waals surface area contributed by atoms with Crippen molar-refractivity contribution in [3.8, 4) is 5.69 Å². The molecule has 0 saturated carbocycles. The lowest BCUT2D eigenvalue weighted by molar-refractivity contribution is 0.102. The Morgan fingerprint density at radius 1 is 1.07 bits per heavy atom. The second-order valence-electron chi connectivity index (χ2n) is 6.78. The summed E-state index contributed by atoms with van der Waals surface area (Å²) in [4.78, 5) is 13.0. The van der Waals surface area contributed by atoms with Gasteiger partial charge in [0.05, 0.1) is 10.6 Å². The fourth-order valence-corrected chi connectivity index (χ4v) is 4.66. The lowest BCUT2D eigenvalue weighted by Gasteiger charge is -2.19. The smallest absolute Gasteiger partial charge is 0.255 e. The third kappa shape index (κ3) is 4.24. The maximum Gasteiger partial charge on any atom is 0.255 e. The number of carbonyl (C=O) groups excluding carboxylic acids is 1. The number of amides is 1. The predicted molar refractivity (Wildman–Crippen MR) is 113 cm³/mol. The van der Waals surface area contributed by atoms with Gasteiger partial charge in [-0.2, -0.15) is 4.31 Å². The Bertz CT molecular complexity index is 1160. The fourth-order valence-electron chi connectivity index (χ4n) is 3.18. The molecule has 30 heavy (non-hydrogen) atoms. The number of tetrazole rings is 1. The molecule has 0 fully saturated rings. The van der Waals surface area contributed by atoms with E-state index in [0.717, 1.165) is 11.3 Å². The molecule has 2 aromatic carbocycles. The molecule has 0 aliphatic rings. The van der Waals surface area contributed by atoms with Crippen LogP contribution < -0.4 is 5.32 Å². The van der Waals surface area contributed by atoms with Crippen LogP contribution >= 0.6 is 0 Å². The molecule has 1 N–H and O–H groups in total. The number of aryl methyl sites for hydroxylation is 2. The van der Waals surface area contributed by atoms with Crippen LogP contribution in [-0.4, -0.2) is 51.9 Å². The van der Waals surface area contributed by atoms with Crippen LogP contribution in [0.3, 0.4) is 0 Å². The van der Waals surface area contributed by atoms with E-state index in [0.29, 0.717) is 29.9 Å². The topological polar surface area (TPSA) is 110 Å². The van der Waals surface area contributed by atoms with Gasteiger partial charge in [-0.15, -0.1) is 5.10 Å². The highest BCUT2D eigenvalue weighted by Crippen LogP contribution is 2.22. The van der Waals surface area contributed by atoms with Gasteiger partial charge in [0, 0.05) is 24.3 Å². The average Bonchev–Trinajstić information content (AvgIpc) is 3.23. The van der Waals surface area contributed by atoms with Crippen molar-refractivity contribution in [2.45, 2.75) is 32.6 Å². The van der Waals surface area contributed by atoms with Crippen LogP contribution in [0.2, 0.25) is 0 Å². The molecule has 1 aromatic heterocycles. The summed E-state index contributed by atoms with van der Waals surface area (Å²) in [6.07, 6.45) is 1.49. The number of anilines is 1. The van der Waals surface area contributed by atoms with E-state index in [-0.39, 0.29) is 10.8 Å². The van der Waals surface area contributed by atoms with Gasteiger partial charge in [-0.25, -0.2) is 13.1 Å². The van der Waals surface area contributed by atoms with E-state index >= 15 is 0 Å². The highest BCUT2D eigenvalue weighted by Gasteiger charge is 2.23. The molecule has 1 amide bonds. The molecule has 0 saturated heterocycles. The molecule has 0 aliphatic carbocycles. The van der Waals surface area contributed by atoms with E-state index < -0.39 is 10.0 Å². The molecule has 0 spiro atoms. The maximum atomic E-state index is 12.9. The van der Waals surface area contributed by atoms with Gasteiger partial charge >= 0.3 is 0 Å². The first-order chi connectivity index (χ1) is 14.3. The zero-order valence-corrected chi connectivity index (χ0v) is 18.1. The second-order valence-corrected chi connectivity index (χ2v) is 8.71. The van der Waals surface area contributed by atoms with Crippen LogP contribution in [0.15, 0.2) is 47.6 Å². The second kappa shape index (κ2) is 8.72. The molecule has 0 bridgehead atoms. The van der Waals surface area contributed by atoms with E-state index in [1.54, 1.807) is 45.0 Å². The van der Waals surface area contributed by atoms with Gasteiger partial charge in [-0.05, 0) is 65.7 Å². The molecule has 0 aliphatic heterocycles. The predicted octanol–water partition coefficient (Wildman–Crippen LogP) is 2.56. The molecule has 158 valence electrons. The van der Waals surface area contributed by atoms with Gasteiger partial charge < -0.3 is 5.32 Å². The minimum Gasteiger partial charge on any atom is -0.322 e. The lowest BCUT2D eigenvalue weighted by atomic mass is 10.1. The lowest BCUT2D eigenvalue weighted by Crippen LogP contribution is -2.30. The summed E-state index contributed by atoms with van der Waals surface area (Å²) in [5.41, 5.74) is 3.25. The molecule has 0 unspecified atom stereocenters. The van der Waals surface area contributed by atoms with Crippen molar-refractivity contribution in [1.29, 1.82) is 0 Å². The minimum atomic E-state index is -3.65. The number of benzene rings is 2. The highest BCUT2D eigenvalue weighted by atomic mass is 32.2. The molecular formula is C20H24N6O3S. The molecule has 10 heteroatoms. The van der Waals surface area contributed by atoms with Crippen LogP contribution in [0, 0.1) is 13.8 Å². The van der Waals surface area contributed by atoms with Crippen LogP contribution in [0.5, 0.6) is 0 Å². The van der Waals surface area contributed by atoms with Crippen molar-refractivity contribution < 1.29 is 13.2 Å². The summed E-state index contributed by atoms with van der Waals surface area (Å²) in [5.74, 6) is -0.376. The number of carbonyl (C=O) groups is 1. The van der Waals surface area contributed by atoms with Gasteiger partial charge in [0.25, 0.3) is 5.91 Å². The molecular weight excluding hydrogens is 404 g/mol. The van der Waals surface area contributed by atoms with Crippen molar-refractivity contribution in [3.63, 3.8) is 0 Å². The molecule has 3 rings (SSSR count). The number of aromatic nitrogens is 4. The summed E-state index contributed by atoms with van der Waals surface area (Å²) >= 11 is 0. The Kier molecular flexibility index (Phi) is 6.28. The van der Waals surface area contributed by atoms with E-state index in [1.165, 1.54) is 27.4 Å². The summed E-state index contributed by atoms with van der Waals surface area (Å²) in [7, 11) is -3.65. The Labute approximate surface area is 175 Å². The fraction of sp³-hybridized carbons (Fsp3) is 0.300. The molecule has 9 nitrogen and oxygen atoms in total. The zero-order valence-electron chi connectivity index (χ0n) is 17.3. The van der Waals surface area contributed by atoms with Crippen molar-refractivity contribution in [2.75, 3.05) is 18.4 Å². The monoisotopic (exact) mass is 428 g/mol. The first kappa shape index (κ1) is 21.6. The third-order valence-electron chi connectivity index (χ3n) is 4.85. The summed E-state index contributed by atoms with van der Waals surface area (Å²) in [5, 5.41) is 14.0. The minimum absolute atomic E-state index is 0.104. The number of nitrogens with one attached hydrogen (secondary N) is 1. The van der Waals surface area contributed by atoms with E-state index in [1.807, 2.05) is 6.92 Å². The zero-order chi connectivity index (χ0) is 21.9. The van der Waals surface area contributed by atoms with Gasteiger partial charge in [0.2, 0.25) is 10.0 Å². The summed E-state index contributed by atoms with van der Waals surface area (Å²) < 4.78 is 28.5. The Balaban J connectivity index is 1.88. The molecule has 0 radical (unpaired) electrons. The average molecular weight is 429 g/mol. The van der Waals surface area contributed by atoms with E-state index in [9.17, 15) is 13.2 Å². The number of hydrogen-bond donors (Lipinski definition) is 1. The van der Waals surface area contributed by atoms with Crippen LogP contribution in [0.4, 0.5) is 5.69 Å². The van der Waals surface area contributed by atoms with Crippen molar-refractivity contribution in [2.24, 2.45) is 0 Å². The van der Waals surface area contributed by atoms with Gasteiger partial charge in [-0.3, -0.25) is 4.79 Å². The van der Waals surface area contributed by atoms with E-state index in [2.05, 4.69) is 20.8 Å². The van der Waals surface area contributed by atoms with Crippen LogP contribution in [0.25, 0.3) is 5.69 Å². The molecule has 1 heterocycles. The SMILES string of the molecule is CCN(CC)S(=O)(=O)c1ccc(C)c(C(=O)Nc2ccc(-n3cnnn3)c(C)c2)c1. The normalized spacial score (nSPS) is 11.6. The Morgan fingerprint density at radius 2 is 1.80 bits per heavy atom. The Morgan fingerprint density at radius 3 is 2.40 bits per heavy atom. The quantitative estimate of drug-likeness (QED) is 0.619. The standard InChI is InChI=1S/C20H24N6O3S/c1-5-25(6-2)30(28,29)17-9-7-14(3)18(12-17)20(27)22-16-8-10-19(15(4)11-16)26-13-21-23-24-26/h7-13H,5-6H2,1-4H3,(H,22,27). The van der Waals surface area contributed by atoms with Gasteiger partial charge in [0.15, 0.2) is 0 Å². The molecule has 0 atom stereocenters. The third-order valence-corrected chi connectivity index (χ3v) is 6.89. The van der Waals surface area contributed by atoms with Gasteiger partial charge in [-0.1, -0.05) is 19.9 Å². The van der Waals surface area contributed by atoms with E-state index in [4.69, 9.17) is 0 Å². The number of rotatable bonds is 7. The van der Waals surface area contributed by atoms with Crippen molar-refractivity contribution >= 4 is 21.6 Å². The van der Waals surface area contributed by atoms with Crippen LogP contribution in [-0.2, 0) is 10.0 Å². The van der Waals surface area contributed by atoms with Crippen molar-refractivity contribution in [3.05, 3.63) is 59.4 Å². The first-order valence-electron chi connectivity index (χ1n) is 9.54. The molecule has 3 aromatic rings. The first-order valence-corrected chi connectivity index (χ1v) is 11.0. The largest absolute Gasteiger partial charge is 0.322 e. The Hall–Kier alpha value is -3.11. The van der Waals surface area contributed by atoms with Gasteiger partial charge in [0.1, 0.15) is 6.33 Å². The number of hydrogen-bond acceptors (Lipinski definition) is 6. The summed E-state index contributed by atoms with van der Waals surface area (Å²) in [6.45, 7) is 7.95. The maximum absolute atomic E-state index is 12.9. The van der Waals surface area contributed by atoms with Crippen LogP contribution in [0.1, 0.15) is 35.3 Å². The number of nitrogens with zero attached hydrogens (tertiary/aromatic N) is 5. The van der Waals surface area contributed by atoms with Crippen molar-refractivity contribution in [1.82, 2.24) is 24.5 Å². The number of sulfonamides is 1. The summed E-state index contributed by atoms with van der Waals surface area (Å²) in [6, 6.07) is 9.97.